The first kappa shape index (κ1) is 12.7. The third kappa shape index (κ3) is 2.39. The quantitative estimate of drug-likeness (QED) is 0.841. The number of para-hydroxylation sites is 2. The van der Waals surface area contributed by atoms with Gasteiger partial charge in [0.25, 0.3) is 0 Å². The van der Waals surface area contributed by atoms with E-state index in [1.54, 1.807) is 0 Å². The number of fused-ring (bicyclic) bond motifs is 1. The minimum atomic E-state index is 0.630. The van der Waals surface area contributed by atoms with Gasteiger partial charge in [0.15, 0.2) is 0 Å². The van der Waals surface area contributed by atoms with Gasteiger partial charge in [-0.15, -0.1) is 0 Å². The molecule has 3 rings (SSSR count). The fourth-order valence-electron chi connectivity index (χ4n) is 3.15. The Labute approximate surface area is 115 Å². The second-order valence-corrected chi connectivity index (χ2v) is 5.67. The van der Waals surface area contributed by atoms with E-state index in [4.69, 9.17) is 4.98 Å². The summed E-state index contributed by atoms with van der Waals surface area (Å²) in [4.78, 5) is 7.27. The summed E-state index contributed by atoms with van der Waals surface area (Å²) in [6.07, 6.45) is 4.73. The molecule has 0 aliphatic carbocycles. The van der Waals surface area contributed by atoms with Gasteiger partial charge in [-0.05, 0) is 51.5 Å². The molecule has 0 radical (unpaired) electrons. The maximum absolute atomic E-state index is 4.85. The van der Waals surface area contributed by atoms with Crippen LogP contribution in [0, 0.1) is 0 Å². The van der Waals surface area contributed by atoms with Crippen LogP contribution >= 0.6 is 0 Å². The number of rotatable bonds is 3. The third-order valence-electron chi connectivity index (χ3n) is 4.20. The van der Waals surface area contributed by atoms with Crippen LogP contribution in [0.4, 0.5) is 0 Å². The number of likely N-dealkylation sites (tertiary alicyclic amines) is 1. The maximum Gasteiger partial charge on any atom is 0.110 e. The van der Waals surface area contributed by atoms with E-state index in [0.717, 1.165) is 18.4 Å². The zero-order valence-corrected chi connectivity index (χ0v) is 12.0. The molecule has 1 aliphatic heterocycles. The second-order valence-electron chi connectivity index (χ2n) is 5.67. The molecule has 19 heavy (non-hydrogen) atoms. The van der Waals surface area contributed by atoms with Crippen LogP contribution < -0.4 is 0 Å². The zero-order valence-electron chi connectivity index (χ0n) is 12.0. The summed E-state index contributed by atoms with van der Waals surface area (Å²) in [5.74, 6) is 1.28. The second kappa shape index (κ2) is 5.33. The molecule has 102 valence electrons. The van der Waals surface area contributed by atoms with Gasteiger partial charge >= 0.3 is 0 Å². The van der Waals surface area contributed by atoms with E-state index in [2.05, 4.69) is 47.7 Å². The molecular formula is C16H23N3. The van der Waals surface area contributed by atoms with Crippen molar-refractivity contribution in [3.05, 3.63) is 30.1 Å². The van der Waals surface area contributed by atoms with E-state index in [1.807, 2.05) is 0 Å². The van der Waals surface area contributed by atoms with Gasteiger partial charge in [0.2, 0.25) is 0 Å². The number of benzene rings is 1. The molecule has 3 nitrogen and oxygen atoms in total. The van der Waals surface area contributed by atoms with E-state index in [1.165, 1.54) is 37.3 Å². The molecule has 0 N–H and O–H groups in total. The van der Waals surface area contributed by atoms with Crippen LogP contribution in [0.3, 0.4) is 0 Å². The lowest BCUT2D eigenvalue weighted by Gasteiger charge is -2.31. The van der Waals surface area contributed by atoms with Gasteiger partial charge in [-0.3, -0.25) is 0 Å². The monoisotopic (exact) mass is 257 g/mol. The van der Waals surface area contributed by atoms with Crippen molar-refractivity contribution in [2.75, 3.05) is 20.1 Å². The van der Waals surface area contributed by atoms with E-state index in [0.29, 0.717) is 6.04 Å². The molecule has 1 saturated heterocycles. The number of aromatic nitrogens is 2. The van der Waals surface area contributed by atoms with Crippen LogP contribution in [0.1, 0.15) is 38.1 Å². The Hall–Kier alpha value is -1.35. The summed E-state index contributed by atoms with van der Waals surface area (Å²) < 4.78 is 2.52. The molecule has 1 aliphatic rings. The van der Waals surface area contributed by atoms with Crippen LogP contribution in [-0.2, 0) is 6.42 Å². The average Bonchev–Trinajstić information content (AvgIpc) is 2.78. The van der Waals surface area contributed by atoms with E-state index >= 15 is 0 Å². The molecule has 0 bridgehead atoms. The van der Waals surface area contributed by atoms with Gasteiger partial charge in [0.1, 0.15) is 5.82 Å². The minimum absolute atomic E-state index is 0.630. The third-order valence-corrected chi connectivity index (χ3v) is 4.20. The zero-order chi connectivity index (χ0) is 13.2. The number of hydrogen-bond donors (Lipinski definition) is 0. The van der Waals surface area contributed by atoms with Crippen molar-refractivity contribution in [2.45, 2.75) is 38.6 Å². The molecule has 0 amide bonds. The van der Waals surface area contributed by atoms with Crippen LogP contribution in [-0.4, -0.2) is 34.6 Å². The molecule has 0 unspecified atom stereocenters. The van der Waals surface area contributed by atoms with Crippen LogP contribution in [0.5, 0.6) is 0 Å². The summed E-state index contributed by atoms with van der Waals surface area (Å²) in [7, 11) is 2.22. The molecule has 0 atom stereocenters. The van der Waals surface area contributed by atoms with Crippen molar-refractivity contribution >= 4 is 11.0 Å². The minimum Gasteiger partial charge on any atom is -0.325 e. The summed E-state index contributed by atoms with van der Waals surface area (Å²) in [6, 6.07) is 9.21. The highest BCUT2D eigenvalue weighted by Crippen LogP contribution is 2.28. The Bertz CT molecular complexity index is 550. The van der Waals surface area contributed by atoms with E-state index in [-0.39, 0.29) is 0 Å². The van der Waals surface area contributed by atoms with E-state index < -0.39 is 0 Å². The van der Waals surface area contributed by atoms with Crippen molar-refractivity contribution in [2.24, 2.45) is 0 Å². The molecule has 3 heteroatoms. The van der Waals surface area contributed by atoms with Gasteiger partial charge in [-0.2, -0.15) is 0 Å². The Kier molecular flexibility index (Phi) is 3.56. The lowest BCUT2D eigenvalue weighted by Crippen LogP contribution is -2.32. The summed E-state index contributed by atoms with van der Waals surface area (Å²) >= 11 is 0. The Morgan fingerprint density at radius 3 is 2.68 bits per heavy atom. The Morgan fingerprint density at radius 1 is 1.21 bits per heavy atom. The number of piperidine rings is 1. The topological polar surface area (TPSA) is 21.1 Å². The smallest absolute Gasteiger partial charge is 0.110 e. The highest BCUT2D eigenvalue weighted by molar-refractivity contribution is 5.76. The average molecular weight is 257 g/mol. The van der Waals surface area contributed by atoms with Gasteiger partial charge < -0.3 is 9.47 Å². The normalized spacial score (nSPS) is 18.2. The van der Waals surface area contributed by atoms with Crippen molar-refractivity contribution in [3.63, 3.8) is 0 Å². The molecule has 2 heterocycles. The first-order valence-electron chi connectivity index (χ1n) is 7.44. The molecule has 0 spiro atoms. The predicted octanol–water partition coefficient (Wildman–Crippen LogP) is 3.26. The largest absolute Gasteiger partial charge is 0.325 e. The number of nitrogens with zero attached hydrogens (tertiary/aromatic N) is 3. The van der Waals surface area contributed by atoms with Gasteiger partial charge in [0.05, 0.1) is 11.0 Å². The standard InChI is InChI=1S/C16H23N3/c1-3-6-16-17-14-7-4-5-8-15(14)19(16)13-9-11-18(2)12-10-13/h4-5,7-8,13H,3,6,9-12H2,1-2H3. The van der Waals surface area contributed by atoms with Crippen molar-refractivity contribution < 1.29 is 0 Å². The number of hydrogen-bond acceptors (Lipinski definition) is 2. The van der Waals surface area contributed by atoms with Crippen molar-refractivity contribution in [1.82, 2.24) is 14.5 Å². The van der Waals surface area contributed by atoms with Crippen LogP contribution in [0.15, 0.2) is 24.3 Å². The lowest BCUT2D eigenvalue weighted by molar-refractivity contribution is 0.221. The van der Waals surface area contributed by atoms with Gasteiger partial charge in [-0.25, -0.2) is 4.98 Å². The fraction of sp³-hybridized carbons (Fsp3) is 0.562. The van der Waals surface area contributed by atoms with E-state index in [9.17, 15) is 0 Å². The highest BCUT2D eigenvalue weighted by atomic mass is 15.2. The molecule has 1 fully saturated rings. The molecule has 0 saturated carbocycles. The van der Waals surface area contributed by atoms with Crippen LogP contribution in [0.25, 0.3) is 11.0 Å². The summed E-state index contributed by atoms with van der Waals surface area (Å²) in [6.45, 7) is 4.63. The van der Waals surface area contributed by atoms with Gasteiger partial charge in [0, 0.05) is 12.5 Å². The summed E-state index contributed by atoms with van der Waals surface area (Å²) in [5, 5.41) is 0. The van der Waals surface area contributed by atoms with Crippen molar-refractivity contribution in [3.8, 4) is 0 Å². The first-order chi connectivity index (χ1) is 9.29. The number of aryl methyl sites for hydroxylation is 1. The summed E-state index contributed by atoms with van der Waals surface area (Å²) in [5.41, 5.74) is 2.48. The van der Waals surface area contributed by atoms with Crippen molar-refractivity contribution in [1.29, 1.82) is 0 Å². The SMILES string of the molecule is CCCc1nc2ccccc2n1C1CCN(C)CC1. The lowest BCUT2D eigenvalue weighted by atomic mass is 10.0. The molecular weight excluding hydrogens is 234 g/mol. The Balaban J connectivity index is 2.02. The predicted molar refractivity (Wildman–Crippen MR) is 79.5 cm³/mol. The fourth-order valence-corrected chi connectivity index (χ4v) is 3.15. The number of imidazole rings is 1. The molecule has 1 aromatic carbocycles. The molecule has 2 aromatic rings. The Morgan fingerprint density at radius 2 is 1.95 bits per heavy atom. The highest BCUT2D eigenvalue weighted by Gasteiger charge is 2.22. The maximum atomic E-state index is 4.85. The molecule has 1 aromatic heterocycles. The van der Waals surface area contributed by atoms with Gasteiger partial charge in [-0.1, -0.05) is 19.1 Å². The first-order valence-corrected chi connectivity index (χ1v) is 7.44. The van der Waals surface area contributed by atoms with Crippen LogP contribution in [0.2, 0.25) is 0 Å².